The van der Waals surface area contributed by atoms with E-state index in [0.717, 1.165) is 17.5 Å². The summed E-state index contributed by atoms with van der Waals surface area (Å²) in [5.74, 6) is -0.102. The maximum atomic E-state index is 13.5. The van der Waals surface area contributed by atoms with Gasteiger partial charge < -0.3 is 5.32 Å². The number of anilines is 1. The Balaban J connectivity index is 1.71. The molecule has 4 rings (SSSR count). The summed E-state index contributed by atoms with van der Waals surface area (Å²) in [5, 5.41) is 8.02. The number of amides is 1. The summed E-state index contributed by atoms with van der Waals surface area (Å²) in [5.41, 5.74) is 2.82. The number of halogens is 2. The number of hydrogen-bond donors (Lipinski definition) is 1. The van der Waals surface area contributed by atoms with Crippen LogP contribution in [0.5, 0.6) is 0 Å². The standard InChI is InChI=1S/C26H25ClFN5O/c1-4-6-19(27)16-26(2,3)25(34)31-21-15-18(12-14-29-21)24-23(17-8-10-20(28)11-9-17)32-22-7-5-13-30-33(22)24/h5-15H,4,16H2,1-3H3,(H,29,31,34)/b19-6+. The SMILES string of the molecule is CC/C=C(/Cl)CC(C)(C)C(=O)Nc1cc(-c2c(-c3ccc(F)cc3)nc3cccnn23)ccn1. The fourth-order valence-corrected chi connectivity index (χ4v) is 4.17. The molecule has 0 aliphatic carbocycles. The second-order valence-corrected chi connectivity index (χ2v) is 9.10. The summed E-state index contributed by atoms with van der Waals surface area (Å²) in [6.07, 6.45) is 6.44. The Morgan fingerprint density at radius 2 is 1.91 bits per heavy atom. The van der Waals surface area contributed by atoms with E-state index in [1.807, 2.05) is 39.0 Å². The summed E-state index contributed by atoms with van der Waals surface area (Å²) in [7, 11) is 0. The first-order valence-corrected chi connectivity index (χ1v) is 11.4. The molecule has 0 aliphatic heterocycles. The van der Waals surface area contributed by atoms with Crippen LogP contribution in [-0.4, -0.2) is 25.5 Å². The van der Waals surface area contributed by atoms with Crippen molar-refractivity contribution < 1.29 is 9.18 Å². The number of carbonyl (C=O) groups excluding carboxylic acids is 1. The number of fused-ring (bicyclic) bond motifs is 1. The smallest absolute Gasteiger partial charge is 0.231 e. The second kappa shape index (κ2) is 9.73. The molecule has 0 unspecified atom stereocenters. The first kappa shape index (κ1) is 23.6. The third-order valence-electron chi connectivity index (χ3n) is 5.44. The first-order chi connectivity index (χ1) is 16.3. The van der Waals surface area contributed by atoms with Crippen LogP contribution in [0, 0.1) is 11.2 Å². The van der Waals surface area contributed by atoms with Crippen molar-refractivity contribution in [1.29, 1.82) is 0 Å². The molecule has 174 valence electrons. The highest BCUT2D eigenvalue weighted by Gasteiger charge is 2.29. The Bertz CT molecular complexity index is 1360. The molecule has 0 atom stereocenters. The van der Waals surface area contributed by atoms with Gasteiger partial charge in [-0.3, -0.25) is 4.79 Å². The summed E-state index contributed by atoms with van der Waals surface area (Å²) in [6, 6.07) is 13.4. The van der Waals surface area contributed by atoms with E-state index in [0.29, 0.717) is 34.3 Å². The maximum Gasteiger partial charge on any atom is 0.231 e. The van der Waals surface area contributed by atoms with Gasteiger partial charge in [-0.25, -0.2) is 18.9 Å². The minimum absolute atomic E-state index is 0.185. The van der Waals surface area contributed by atoms with E-state index >= 15 is 0 Å². The van der Waals surface area contributed by atoms with Crippen molar-refractivity contribution in [1.82, 2.24) is 19.6 Å². The molecule has 3 aromatic heterocycles. The summed E-state index contributed by atoms with van der Waals surface area (Å²) < 4.78 is 15.2. The summed E-state index contributed by atoms with van der Waals surface area (Å²) in [6.45, 7) is 5.69. The molecule has 0 aliphatic rings. The zero-order chi connectivity index (χ0) is 24.3. The number of nitrogens with zero attached hydrogens (tertiary/aromatic N) is 4. The average Bonchev–Trinajstić information content (AvgIpc) is 3.19. The van der Waals surface area contributed by atoms with Crippen LogP contribution in [0.25, 0.3) is 28.2 Å². The topological polar surface area (TPSA) is 72.2 Å². The van der Waals surface area contributed by atoms with Crippen molar-refractivity contribution >= 4 is 29.0 Å². The number of aromatic nitrogens is 4. The van der Waals surface area contributed by atoms with E-state index in [4.69, 9.17) is 16.6 Å². The molecule has 8 heteroatoms. The third-order valence-corrected chi connectivity index (χ3v) is 5.72. The first-order valence-electron chi connectivity index (χ1n) is 11.0. The number of pyridine rings is 1. The summed E-state index contributed by atoms with van der Waals surface area (Å²) in [4.78, 5) is 22.1. The molecular weight excluding hydrogens is 453 g/mol. The van der Waals surface area contributed by atoms with Crippen molar-refractivity contribution in [2.45, 2.75) is 33.6 Å². The molecule has 0 saturated heterocycles. The Hall–Kier alpha value is -3.58. The molecule has 6 nitrogen and oxygen atoms in total. The lowest BCUT2D eigenvalue weighted by molar-refractivity contribution is -0.123. The highest BCUT2D eigenvalue weighted by Crippen LogP contribution is 2.34. The lowest BCUT2D eigenvalue weighted by atomic mass is 9.88. The molecule has 0 saturated carbocycles. The van der Waals surface area contributed by atoms with Gasteiger partial charge in [0.25, 0.3) is 0 Å². The molecule has 0 fully saturated rings. The highest BCUT2D eigenvalue weighted by molar-refractivity contribution is 6.29. The number of carbonyl (C=O) groups is 1. The van der Waals surface area contributed by atoms with Gasteiger partial charge in [0.05, 0.1) is 5.69 Å². The second-order valence-electron chi connectivity index (χ2n) is 8.61. The molecule has 4 aromatic rings. The fraction of sp³-hybridized carbons (Fsp3) is 0.231. The number of hydrogen-bond acceptors (Lipinski definition) is 4. The predicted octanol–water partition coefficient (Wildman–Crippen LogP) is 6.48. The molecular formula is C26H25ClFN5O. The van der Waals surface area contributed by atoms with Gasteiger partial charge in [-0.1, -0.05) is 38.4 Å². The highest BCUT2D eigenvalue weighted by atomic mass is 35.5. The van der Waals surface area contributed by atoms with Gasteiger partial charge in [-0.2, -0.15) is 5.10 Å². The quantitative estimate of drug-likeness (QED) is 0.330. The molecule has 1 aromatic carbocycles. The van der Waals surface area contributed by atoms with E-state index in [1.54, 1.807) is 41.2 Å². The van der Waals surface area contributed by atoms with Crippen LogP contribution >= 0.6 is 11.6 Å². The van der Waals surface area contributed by atoms with Gasteiger partial charge in [0.1, 0.15) is 17.3 Å². The number of allylic oxidation sites excluding steroid dienone is 2. The van der Waals surface area contributed by atoms with Crippen LogP contribution in [0.2, 0.25) is 0 Å². The lowest BCUT2D eigenvalue weighted by Gasteiger charge is -2.23. The number of benzene rings is 1. The molecule has 0 radical (unpaired) electrons. The van der Waals surface area contributed by atoms with Crippen LogP contribution in [0.3, 0.4) is 0 Å². The van der Waals surface area contributed by atoms with Gasteiger partial charge in [0.2, 0.25) is 5.91 Å². The van der Waals surface area contributed by atoms with Crippen molar-refractivity contribution in [3.63, 3.8) is 0 Å². The molecule has 3 heterocycles. The van der Waals surface area contributed by atoms with Crippen molar-refractivity contribution in [2.75, 3.05) is 5.32 Å². The van der Waals surface area contributed by atoms with Gasteiger partial charge >= 0.3 is 0 Å². The van der Waals surface area contributed by atoms with E-state index in [1.165, 1.54) is 12.1 Å². The van der Waals surface area contributed by atoms with Crippen LogP contribution in [-0.2, 0) is 4.79 Å². The fourth-order valence-electron chi connectivity index (χ4n) is 3.68. The van der Waals surface area contributed by atoms with Crippen LogP contribution in [0.15, 0.2) is 72.0 Å². The minimum atomic E-state index is -0.718. The van der Waals surface area contributed by atoms with E-state index < -0.39 is 5.41 Å². The average molecular weight is 478 g/mol. The lowest BCUT2D eigenvalue weighted by Crippen LogP contribution is -2.31. The number of imidazole rings is 1. The van der Waals surface area contributed by atoms with Gasteiger partial charge in [-0.15, -0.1) is 0 Å². The van der Waals surface area contributed by atoms with Crippen molar-refractivity contribution in [3.05, 3.63) is 77.9 Å². The Morgan fingerprint density at radius 3 is 2.65 bits per heavy atom. The van der Waals surface area contributed by atoms with Crippen LogP contribution < -0.4 is 5.32 Å². The zero-order valence-electron chi connectivity index (χ0n) is 19.2. The summed E-state index contributed by atoms with van der Waals surface area (Å²) >= 11 is 6.27. The van der Waals surface area contributed by atoms with Crippen LogP contribution in [0.4, 0.5) is 10.2 Å². The van der Waals surface area contributed by atoms with Gasteiger partial charge in [-0.05, 0) is 61.4 Å². The van der Waals surface area contributed by atoms with Crippen LogP contribution in [0.1, 0.15) is 33.6 Å². The van der Waals surface area contributed by atoms with Gasteiger partial charge in [0, 0.05) is 34.0 Å². The maximum absolute atomic E-state index is 13.5. The van der Waals surface area contributed by atoms with Crippen molar-refractivity contribution in [3.8, 4) is 22.5 Å². The molecule has 34 heavy (non-hydrogen) atoms. The molecule has 0 bridgehead atoms. The van der Waals surface area contributed by atoms with E-state index in [9.17, 15) is 9.18 Å². The molecule has 1 N–H and O–H groups in total. The predicted molar refractivity (Wildman–Crippen MR) is 133 cm³/mol. The Labute approximate surface area is 202 Å². The number of nitrogens with one attached hydrogen (secondary N) is 1. The van der Waals surface area contributed by atoms with Gasteiger partial charge in [0.15, 0.2) is 5.65 Å². The zero-order valence-corrected chi connectivity index (χ0v) is 20.0. The van der Waals surface area contributed by atoms with E-state index in [-0.39, 0.29) is 11.7 Å². The third kappa shape index (κ3) is 4.99. The Kier molecular flexibility index (Phi) is 6.75. The minimum Gasteiger partial charge on any atom is -0.310 e. The Morgan fingerprint density at radius 1 is 1.15 bits per heavy atom. The van der Waals surface area contributed by atoms with Crippen molar-refractivity contribution in [2.24, 2.45) is 5.41 Å². The molecule has 1 amide bonds. The monoisotopic (exact) mass is 477 g/mol. The molecule has 0 spiro atoms. The normalized spacial score (nSPS) is 12.2. The number of rotatable bonds is 7. The van der Waals surface area contributed by atoms with E-state index in [2.05, 4.69) is 15.4 Å². The largest absolute Gasteiger partial charge is 0.310 e.